The maximum atomic E-state index is 13.4. The first-order valence-electron chi connectivity index (χ1n) is 12.3. The number of carbonyl (C=O) groups is 1. The third-order valence-electron chi connectivity index (χ3n) is 5.79. The Labute approximate surface area is 229 Å². The van der Waals surface area contributed by atoms with E-state index in [-0.39, 0.29) is 12.2 Å². The van der Waals surface area contributed by atoms with E-state index in [9.17, 15) is 18.0 Å². The highest BCUT2D eigenvalue weighted by atomic mass is 19.4. The Morgan fingerprint density at radius 3 is 2.42 bits per heavy atom. The zero-order chi connectivity index (χ0) is 29.0. The first kappa shape index (κ1) is 28.4. The number of aromatic nitrogens is 4. The Bertz CT molecular complexity index is 1520. The van der Waals surface area contributed by atoms with E-state index in [0.29, 0.717) is 34.4 Å². The van der Waals surface area contributed by atoms with Gasteiger partial charge in [-0.15, -0.1) is 0 Å². The summed E-state index contributed by atoms with van der Waals surface area (Å²) in [6, 6.07) is 11.7. The van der Waals surface area contributed by atoms with E-state index in [4.69, 9.17) is 0 Å². The van der Waals surface area contributed by atoms with Crippen LogP contribution in [-0.2, 0) is 12.7 Å². The number of hydrogen-bond acceptors (Lipinski definition) is 7. The van der Waals surface area contributed by atoms with E-state index in [1.54, 1.807) is 48.9 Å². The molecule has 0 radical (unpaired) electrons. The summed E-state index contributed by atoms with van der Waals surface area (Å²) in [5.41, 5.74) is 2.41. The van der Waals surface area contributed by atoms with Crippen LogP contribution < -0.4 is 21.3 Å². The molecule has 0 unspecified atom stereocenters. The number of amides is 2. The molecule has 2 aromatic heterocycles. The van der Waals surface area contributed by atoms with Crippen molar-refractivity contribution in [3.8, 4) is 5.82 Å². The van der Waals surface area contributed by atoms with E-state index in [1.165, 1.54) is 12.4 Å². The molecule has 10 nitrogen and oxygen atoms in total. The number of benzene rings is 2. The summed E-state index contributed by atoms with van der Waals surface area (Å²) in [7, 11) is 5.27. The van der Waals surface area contributed by atoms with Crippen molar-refractivity contribution in [1.29, 1.82) is 0 Å². The molecule has 4 N–H and O–H groups in total. The molecular formula is C27H30F3N9O. The molecular weight excluding hydrogens is 523 g/mol. The van der Waals surface area contributed by atoms with Crippen LogP contribution in [0.3, 0.4) is 0 Å². The first-order chi connectivity index (χ1) is 18.9. The second-order valence-corrected chi connectivity index (χ2v) is 9.48. The minimum Gasteiger partial charge on any atom is -0.373 e. The number of halogens is 3. The van der Waals surface area contributed by atoms with Crippen LogP contribution >= 0.6 is 0 Å². The maximum Gasteiger partial charge on any atom is 0.416 e. The van der Waals surface area contributed by atoms with Crippen LogP contribution in [0.1, 0.15) is 22.4 Å². The molecule has 40 heavy (non-hydrogen) atoms. The standard InChI is InChI=1S/C27H30F3N9O/c1-16-6-7-20(34-26(40)35-21-10-18(14-38(4)5)9-19(11-21)27(28,29)30)12-22(16)36-25-8-17(2)37-39(25)24-13-23(31-3)32-15-33-24/h6-13,15,36H,14H2,1-5H3,(H,31,32,33)(H2,34,35,40). The van der Waals surface area contributed by atoms with Gasteiger partial charge in [-0.1, -0.05) is 6.07 Å². The van der Waals surface area contributed by atoms with Crippen molar-refractivity contribution in [2.75, 3.05) is 42.4 Å². The summed E-state index contributed by atoms with van der Waals surface area (Å²) in [6.07, 6.45) is -3.11. The Morgan fingerprint density at radius 1 is 0.975 bits per heavy atom. The molecule has 13 heteroatoms. The molecule has 4 rings (SSSR count). The third-order valence-corrected chi connectivity index (χ3v) is 5.79. The molecule has 2 aromatic carbocycles. The van der Waals surface area contributed by atoms with Crippen LogP contribution in [0.4, 0.5) is 46.7 Å². The molecule has 2 heterocycles. The van der Waals surface area contributed by atoms with E-state index in [1.807, 2.05) is 26.0 Å². The highest BCUT2D eigenvalue weighted by molar-refractivity contribution is 6.00. The van der Waals surface area contributed by atoms with Gasteiger partial charge < -0.3 is 26.2 Å². The van der Waals surface area contributed by atoms with Crippen LogP contribution in [0.2, 0.25) is 0 Å². The van der Waals surface area contributed by atoms with Gasteiger partial charge in [0.05, 0.1) is 11.3 Å². The Kier molecular flexibility index (Phi) is 8.24. The van der Waals surface area contributed by atoms with Gasteiger partial charge in [0.25, 0.3) is 0 Å². The second kappa shape index (κ2) is 11.6. The molecule has 0 aliphatic heterocycles. The number of nitrogens with one attached hydrogen (secondary N) is 4. The largest absolute Gasteiger partial charge is 0.416 e. The fourth-order valence-electron chi connectivity index (χ4n) is 4.01. The SMILES string of the molecule is CNc1cc(-n2nc(C)cc2Nc2cc(NC(=O)Nc3cc(CN(C)C)cc(C(F)(F)F)c3)ccc2C)ncn1. The van der Waals surface area contributed by atoms with Gasteiger partial charge in [0.2, 0.25) is 0 Å². The lowest BCUT2D eigenvalue weighted by atomic mass is 10.1. The van der Waals surface area contributed by atoms with Gasteiger partial charge in [0.15, 0.2) is 5.82 Å². The number of alkyl halides is 3. The average molecular weight is 554 g/mol. The van der Waals surface area contributed by atoms with Crippen molar-refractivity contribution in [2.45, 2.75) is 26.6 Å². The number of rotatable bonds is 8. The predicted octanol–water partition coefficient (Wildman–Crippen LogP) is 5.79. The molecule has 0 spiro atoms. The van der Waals surface area contributed by atoms with E-state index in [2.05, 4.69) is 36.3 Å². The Hall–Kier alpha value is -4.65. The van der Waals surface area contributed by atoms with Crippen molar-refractivity contribution in [3.63, 3.8) is 0 Å². The number of anilines is 5. The summed E-state index contributed by atoms with van der Waals surface area (Å²) in [4.78, 5) is 23.0. The number of aryl methyl sites for hydroxylation is 2. The maximum absolute atomic E-state index is 13.4. The highest BCUT2D eigenvalue weighted by Gasteiger charge is 2.31. The van der Waals surface area contributed by atoms with Crippen molar-refractivity contribution in [1.82, 2.24) is 24.6 Å². The van der Waals surface area contributed by atoms with Gasteiger partial charge in [0.1, 0.15) is 18.0 Å². The molecule has 0 saturated carbocycles. The zero-order valence-corrected chi connectivity index (χ0v) is 22.7. The fraction of sp³-hybridized carbons (Fsp3) is 0.259. The average Bonchev–Trinajstić information content (AvgIpc) is 3.24. The van der Waals surface area contributed by atoms with Gasteiger partial charge in [-0.3, -0.25) is 0 Å². The molecule has 210 valence electrons. The third kappa shape index (κ3) is 7.05. The summed E-state index contributed by atoms with van der Waals surface area (Å²) in [5.74, 6) is 1.82. The molecule has 4 aromatic rings. The molecule has 2 amide bonds. The molecule has 0 fully saturated rings. The topological polar surface area (TPSA) is 112 Å². The van der Waals surface area contributed by atoms with E-state index >= 15 is 0 Å². The lowest BCUT2D eigenvalue weighted by Crippen LogP contribution is -2.20. The molecule has 0 atom stereocenters. The molecule has 0 saturated heterocycles. The number of carbonyl (C=O) groups excluding carboxylic acids is 1. The van der Waals surface area contributed by atoms with E-state index in [0.717, 1.165) is 23.4 Å². The Balaban J connectivity index is 1.54. The van der Waals surface area contributed by atoms with Crippen LogP contribution in [0, 0.1) is 13.8 Å². The second-order valence-electron chi connectivity index (χ2n) is 9.48. The normalized spacial score (nSPS) is 11.4. The Morgan fingerprint density at radius 2 is 1.73 bits per heavy atom. The van der Waals surface area contributed by atoms with Crippen LogP contribution in [0.5, 0.6) is 0 Å². The summed E-state index contributed by atoms with van der Waals surface area (Å²) in [5, 5.41) is 16.0. The van der Waals surface area contributed by atoms with Crippen LogP contribution in [0.25, 0.3) is 5.82 Å². The zero-order valence-electron chi connectivity index (χ0n) is 22.7. The van der Waals surface area contributed by atoms with Crippen LogP contribution in [-0.4, -0.2) is 51.8 Å². The number of urea groups is 1. The van der Waals surface area contributed by atoms with E-state index < -0.39 is 17.8 Å². The summed E-state index contributed by atoms with van der Waals surface area (Å²) < 4.78 is 42.0. The van der Waals surface area contributed by atoms with Crippen LogP contribution in [0.15, 0.2) is 54.9 Å². The molecule has 0 aliphatic rings. The highest BCUT2D eigenvalue weighted by Crippen LogP contribution is 2.32. The van der Waals surface area contributed by atoms with Crippen molar-refractivity contribution < 1.29 is 18.0 Å². The van der Waals surface area contributed by atoms with Crippen molar-refractivity contribution >= 4 is 34.7 Å². The predicted molar refractivity (Wildman–Crippen MR) is 149 cm³/mol. The van der Waals surface area contributed by atoms with Gasteiger partial charge >= 0.3 is 12.2 Å². The molecule has 0 aliphatic carbocycles. The van der Waals surface area contributed by atoms with Crippen molar-refractivity contribution in [3.05, 3.63) is 77.2 Å². The number of nitrogens with zero attached hydrogens (tertiary/aromatic N) is 5. The summed E-state index contributed by atoms with van der Waals surface area (Å²) in [6.45, 7) is 4.04. The van der Waals surface area contributed by atoms with Gasteiger partial charge in [0, 0.05) is 42.8 Å². The lowest BCUT2D eigenvalue weighted by molar-refractivity contribution is -0.137. The fourth-order valence-corrected chi connectivity index (χ4v) is 4.01. The van der Waals surface area contributed by atoms with Crippen molar-refractivity contribution in [2.24, 2.45) is 0 Å². The number of hydrogen-bond donors (Lipinski definition) is 4. The smallest absolute Gasteiger partial charge is 0.373 e. The lowest BCUT2D eigenvalue weighted by Gasteiger charge is -2.16. The van der Waals surface area contributed by atoms with Gasteiger partial charge in [-0.25, -0.2) is 14.8 Å². The minimum atomic E-state index is -4.54. The summed E-state index contributed by atoms with van der Waals surface area (Å²) >= 11 is 0. The first-order valence-corrected chi connectivity index (χ1v) is 12.3. The monoisotopic (exact) mass is 553 g/mol. The van der Waals surface area contributed by atoms with Gasteiger partial charge in [-0.05, 0) is 69.4 Å². The molecule has 0 bridgehead atoms. The van der Waals surface area contributed by atoms with Gasteiger partial charge in [-0.2, -0.15) is 23.0 Å². The minimum absolute atomic E-state index is 0.0415. The quantitative estimate of drug-likeness (QED) is 0.219.